The third-order valence-electron chi connectivity index (χ3n) is 2.90. The molecule has 5 nitrogen and oxygen atoms in total. The summed E-state index contributed by atoms with van der Waals surface area (Å²) >= 11 is 0. The summed E-state index contributed by atoms with van der Waals surface area (Å²) in [6.45, 7) is 2.12. The van der Waals surface area contributed by atoms with Gasteiger partial charge in [0.2, 0.25) is 0 Å². The van der Waals surface area contributed by atoms with E-state index in [4.69, 9.17) is 10.4 Å². The van der Waals surface area contributed by atoms with E-state index in [9.17, 15) is 0 Å². The van der Waals surface area contributed by atoms with Gasteiger partial charge in [-0.05, 0) is 18.8 Å². The molecule has 1 saturated heterocycles. The van der Waals surface area contributed by atoms with Crippen LogP contribution in [-0.4, -0.2) is 34.8 Å². The fourth-order valence-corrected chi connectivity index (χ4v) is 2.00. The Balaban J connectivity index is 2.00. The fraction of sp³-hybridized carbons (Fsp3) is 0.545. The van der Waals surface area contributed by atoms with E-state index in [1.807, 2.05) is 6.07 Å². The molecule has 0 bridgehead atoms. The number of hydrogen-bond acceptors (Lipinski definition) is 5. The van der Waals surface area contributed by atoms with Gasteiger partial charge in [0.15, 0.2) is 5.69 Å². The minimum absolute atomic E-state index is 0.248. The lowest BCUT2D eigenvalue weighted by atomic mass is 10.1. The molecule has 5 heteroatoms. The van der Waals surface area contributed by atoms with Crippen molar-refractivity contribution >= 4 is 5.82 Å². The van der Waals surface area contributed by atoms with Crippen molar-refractivity contribution in [3.05, 3.63) is 18.1 Å². The molecule has 0 aliphatic carbocycles. The molecule has 1 unspecified atom stereocenters. The Morgan fingerprint density at radius 2 is 2.38 bits per heavy atom. The highest BCUT2D eigenvalue weighted by molar-refractivity contribution is 5.38. The van der Waals surface area contributed by atoms with E-state index in [1.165, 1.54) is 6.20 Å². The van der Waals surface area contributed by atoms with Crippen molar-refractivity contribution in [2.24, 2.45) is 5.92 Å². The summed E-state index contributed by atoms with van der Waals surface area (Å²) in [4.78, 5) is 10.3. The van der Waals surface area contributed by atoms with Crippen molar-refractivity contribution < 1.29 is 5.11 Å². The Bertz CT molecular complexity index is 384. The molecule has 84 valence electrons. The smallest absolute Gasteiger partial charge is 0.158 e. The van der Waals surface area contributed by atoms with Crippen LogP contribution in [0.15, 0.2) is 12.4 Å². The van der Waals surface area contributed by atoms with Gasteiger partial charge in [0, 0.05) is 19.7 Å². The van der Waals surface area contributed by atoms with E-state index in [1.54, 1.807) is 6.20 Å². The average Bonchev–Trinajstić information content (AvgIpc) is 2.78. The Morgan fingerprint density at radius 3 is 3.00 bits per heavy atom. The van der Waals surface area contributed by atoms with E-state index in [0.29, 0.717) is 11.6 Å². The maximum Gasteiger partial charge on any atom is 0.158 e. The van der Waals surface area contributed by atoms with Gasteiger partial charge in [-0.15, -0.1) is 0 Å². The zero-order chi connectivity index (χ0) is 11.4. The molecule has 1 aromatic rings. The number of rotatable bonds is 3. The van der Waals surface area contributed by atoms with E-state index in [0.717, 1.165) is 31.7 Å². The summed E-state index contributed by atoms with van der Waals surface area (Å²) in [7, 11) is 0. The standard InChI is InChI=1S/C11H14N4O/c12-5-10-6-14-11(7-13-10)15-3-1-9(8-15)2-4-16/h6-7,9,16H,1-4,8H2. The monoisotopic (exact) mass is 218 g/mol. The molecule has 1 fully saturated rings. The first kappa shape index (κ1) is 10.8. The first-order valence-electron chi connectivity index (χ1n) is 5.41. The molecule has 0 amide bonds. The minimum atomic E-state index is 0.248. The lowest BCUT2D eigenvalue weighted by Crippen LogP contribution is -2.21. The van der Waals surface area contributed by atoms with E-state index in [2.05, 4.69) is 14.9 Å². The van der Waals surface area contributed by atoms with Crippen LogP contribution < -0.4 is 4.90 Å². The molecule has 2 rings (SSSR count). The highest BCUT2D eigenvalue weighted by Gasteiger charge is 2.22. The van der Waals surface area contributed by atoms with E-state index in [-0.39, 0.29) is 6.61 Å². The summed E-state index contributed by atoms with van der Waals surface area (Å²) in [6, 6.07) is 1.95. The molecule has 1 aliphatic rings. The second-order valence-corrected chi connectivity index (χ2v) is 3.98. The highest BCUT2D eigenvalue weighted by atomic mass is 16.3. The van der Waals surface area contributed by atoms with Crippen molar-refractivity contribution in [1.82, 2.24) is 9.97 Å². The topological polar surface area (TPSA) is 73.0 Å². The number of aromatic nitrogens is 2. The van der Waals surface area contributed by atoms with E-state index < -0.39 is 0 Å². The van der Waals surface area contributed by atoms with Crippen LogP contribution in [0.1, 0.15) is 18.5 Å². The maximum atomic E-state index is 8.87. The van der Waals surface area contributed by atoms with Crippen molar-refractivity contribution in [1.29, 1.82) is 5.26 Å². The van der Waals surface area contributed by atoms with Crippen LogP contribution in [0.4, 0.5) is 5.82 Å². The van der Waals surface area contributed by atoms with Crippen LogP contribution >= 0.6 is 0 Å². The van der Waals surface area contributed by atoms with Gasteiger partial charge < -0.3 is 10.0 Å². The molecule has 0 spiro atoms. The summed E-state index contributed by atoms with van der Waals surface area (Å²) in [6.07, 6.45) is 5.07. The molecule has 2 heterocycles. The van der Waals surface area contributed by atoms with Crippen LogP contribution in [-0.2, 0) is 0 Å². The van der Waals surface area contributed by atoms with Gasteiger partial charge in [0.1, 0.15) is 11.9 Å². The number of aliphatic hydroxyl groups is 1. The lowest BCUT2D eigenvalue weighted by molar-refractivity contribution is 0.263. The summed E-state index contributed by atoms with van der Waals surface area (Å²) in [5.41, 5.74) is 0.342. The van der Waals surface area contributed by atoms with Gasteiger partial charge >= 0.3 is 0 Å². The summed E-state index contributed by atoms with van der Waals surface area (Å²) < 4.78 is 0. The normalized spacial score (nSPS) is 19.8. The molecule has 16 heavy (non-hydrogen) atoms. The Kier molecular flexibility index (Phi) is 3.32. The highest BCUT2D eigenvalue weighted by Crippen LogP contribution is 2.23. The van der Waals surface area contributed by atoms with Crippen molar-refractivity contribution in [2.75, 3.05) is 24.6 Å². The van der Waals surface area contributed by atoms with Crippen LogP contribution in [0.3, 0.4) is 0 Å². The van der Waals surface area contributed by atoms with E-state index >= 15 is 0 Å². The molecule has 0 radical (unpaired) electrons. The number of hydrogen-bond donors (Lipinski definition) is 1. The van der Waals surface area contributed by atoms with Crippen LogP contribution in [0.2, 0.25) is 0 Å². The van der Waals surface area contributed by atoms with Gasteiger partial charge in [-0.25, -0.2) is 9.97 Å². The van der Waals surface area contributed by atoms with Crippen LogP contribution in [0.5, 0.6) is 0 Å². The molecular formula is C11H14N4O. The third kappa shape index (κ3) is 2.28. The Hall–Kier alpha value is -1.67. The van der Waals surface area contributed by atoms with Crippen molar-refractivity contribution in [2.45, 2.75) is 12.8 Å². The zero-order valence-corrected chi connectivity index (χ0v) is 9.00. The van der Waals surface area contributed by atoms with Gasteiger partial charge in [0.25, 0.3) is 0 Å². The Labute approximate surface area is 94.4 Å². The lowest BCUT2D eigenvalue weighted by Gasteiger charge is -2.16. The number of aliphatic hydroxyl groups excluding tert-OH is 1. The molecule has 1 aliphatic heterocycles. The minimum Gasteiger partial charge on any atom is -0.396 e. The second kappa shape index (κ2) is 4.90. The fourth-order valence-electron chi connectivity index (χ4n) is 2.00. The first-order valence-corrected chi connectivity index (χ1v) is 5.41. The number of anilines is 1. The van der Waals surface area contributed by atoms with Crippen LogP contribution in [0, 0.1) is 17.2 Å². The molecule has 0 saturated carbocycles. The molecule has 1 aromatic heterocycles. The summed E-state index contributed by atoms with van der Waals surface area (Å²) in [5.74, 6) is 1.36. The van der Waals surface area contributed by atoms with Gasteiger partial charge in [-0.1, -0.05) is 0 Å². The second-order valence-electron chi connectivity index (χ2n) is 3.98. The average molecular weight is 218 g/mol. The molecule has 1 N–H and O–H groups in total. The number of nitriles is 1. The predicted molar refractivity (Wildman–Crippen MR) is 58.8 cm³/mol. The largest absolute Gasteiger partial charge is 0.396 e. The number of nitrogens with zero attached hydrogens (tertiary/aromatic N) is 4. The summed E-state index contributed by atoms with van der Waals surface area (Å²) in [5, 5.41) is 17.5. The van der Waals surface area contributed by atoms with Gasteiger partial charge in [-0.2, -0.15) is 5.26 Å². The van der Waals surface area contributed by atoms with Crippen molar-refractivity contribution in [3.63, 3.8) is 0 Å². The van der Waals surface area contributed by atoms with Gasteiger partial charge in [0.05, 0.1) is 12.4 Å². The molecule has 1 atom stereocenters. The molecular weight excluding hydrogens is 204 g/mol. The maximum absolute atomic E-state index is 8.87. The first-order chi connectivity index (χ1) is 7.83. The van der Waals surface area contributed by atoms with Crippen LogP contribution in [0.25, 0.3) is 0 Å². The zero-order valence-electron chi connectivity index (χ0n) is 9.00. The quantitative estimate of drug-likeness (QED) is 0.802. The third-order valence-corrected chi connectivity index (χ3v) is 2.90. The molecule has 0 aromatic carbocycles. The van der Waals surface area contributed by atoms with Crippen molar-refractivity contribution in [3.8, 4) is 6.07 Å². The Morgan fingerprint density at radius 1 is 1.50 bits per heavy atom. The predicted octanol–water partition coefficient (Wildman–Crippen LogP) is 0.557. The van der Waals surface area contributed by atoms with Gasteiger partial charge in [-0.3, -0.25) is 0 Å². The SMILES string of the molecule is N#Cc1cnc(N2CCC(CCO)C2)cn1.